The van der Waals surface area contributed by atoms with Gasteiger partial charge in [0.05, 0.1) is 10.5 Å². The van der Waals surface area contributed by atoms with Gasteiger partial charge in [-0.1, -0.05) is 53.2 Å². The van der Waals surface area contributed by atoms with Gasteiger partial charge in [-0.25, -0.2) is 0 Å². The van der Waals surface area contributed by atoms with Crippen LogP contribution in [0, 0.1) is 35.3 Å². The van der Waals surface area contributed by atoms with Gasteiger partial charge in [0.15, 0.2) is 5.76 Å². The summed E-state index contributed by atoms with van der Waals surface area (Å²) < 4.78 is 5.28. The second-order valence-corrected chi connectivity index (χ2v) is 6.69. The van der Waals surface area contributed by atoms with E-state index in [9.17, 15) is 20.2 Å². The average molecular weight is 414 g/mol. The fourth-order valence-electron chi connectivity index (χ4n) is 2.76. The highest BCUT2D eigenvalue weighted by Crippen LogP contribution is 2.25. The first-order valence-electron chi connectivity index (χ1n) is 9.26. The normalized spacial score (nSPS) is 11.3. The summed E-state index contributed by atoms with van der Waals surface area (Å²) in [7, 11) is 0. The summed E-state index contributed by atoms with van der Waals surface area (Å²) in [5.41, 5.74) is 2.48. The molecule has 1 N–H and O–H groups in total. The number of nitriles is 1. The van der Waals surface area contributed by atoms with Crippen LogP contribution in [0.5, 0.6) is 0 Å². The molecule has 0 aliphatic rings. The van der Waals surface area contributed by atoms with Crippen LogP contribution in [0.3, 0.4) is 0 Å². The predicted octanol–water partition coefficient (Wildman–Crippen LogP) is 4.92. The van der Waals surface area contributed by atoms with E-state index in [1.54, 1.807) is 25.1 Å². The SMILES string of the molecule is Cc1ccc(/C=C/c2onc(C)c2NC(=O)/C(C#N)=C/c2ccccc2[N+](=O)[O-])cc1. The number of aromatic nitrogens is 1. The molecule has 1 heterocycles. The van der Waals surface area contributed by atoms with E-state index < -0.39 is 10.8 Å². The number of carbonyl (C=O) groups is 1. The Morgan fingerprint density at radius 3 is 2.55 bits per heavy atom. The highest BCUT2D eigenvalue weighted by molar-refractivity contribution is 6.10. The number of rotatable bonds is 6. The van der Waals surface area contributed by atoms with E-state index in [0.29, 0.717) is 17.1 Å². The third-order valence-corrected chi connectivity index (χ3v) is 4.43. The first-order chi connectivity index (χ1) is 14.9. The van der Waals surface area contributed by atoms with Crippen molar-refractivity contribution in [3.8, 4) is 6.07 Å². The molecule has 3 aromatic rings. The third-order valence-electron chi connectivity index (χ3n) is 4.43. The summed E-state index contributed by atoms with van der Waals surface area (Å²) in [6.45, 7) is 3.64. The minimum absolute atomic E-state index is 0.153. The van der Waals surface area contributed by atoms with Crippen molar-refractivity contribution in [2.45, 2.75) is 13.8 Å². The number of carbonyl (C=O) groups excluding carboxylic acids is 1. The number of anilines is 1. The molecule has 0 aliphatic carbocycles. The van der Waals surface area contributed by atoms with Crippen LogP contribution in [-0.2, 0) is 4.79 Å². The summed E-state index contributed by atoms with van der Waals surface area (Å²) in [4.78, 5) is 23.3. The minimum atomic E-state index is -0.725. The lowest BCUT2D eigenvalue weighted by atomic mass is 10.1. The Kier molecular flexibility index (Phi) is 6.38. The molecule has 31 heavy (non-hydrogen) atoms. The largest absolute Gasteiger partial charge is 0.354 e. The molecule has 0 saturated heterocycles. The Balaban J connectivity index is 1.86. The van der Waals surface area contributed by atoms with Crippen molar-refractivity contribution in [2.24, 2.45) is 0 Å². The van der Waals surface area contributed by atoms with Crippen molar-refractivity contribution in [1.82, 2.24) is 5.16 Å². The van der Waals surface area contributed by atoms with Crippen LogP contribution >= 0.6 is 0 Å². The van der Waals surface area contributed by atoms with E-state index in [0.717, 1.165) is 11.1 Å². The van der Waals surface area contributed by atoms with Gasteiger partial charge in [-0.2, -0.15) is 5.26 Å². The monoisotopic (exact) mass is 414 g/mol. The average Bonchev–Trinajstić information content (AvgIpc) is 3.11. The predicted molar refractivity (Wildman–Crippen MR) is 117 cm³/mol. The van der Waals surface area contributed by atoms with E-state index in [1.165, 1.54) is 24.3 Å². The standard InChI is InChI=1S/C23H18N4O4/c1-15-7-9-17(10-8-15)11-12-21-22(16(2)26-31-21)25-23(28)19(14-24)13-18-5-3-4-6-20(18)27(29)30/h3-13H,1-2H3,(H,25,28)/b12-11+,19-13+. The summed E-state index contributed by atoms with van der Waals surface area (Å²) in [6, 6.07) is 15.5. The first kappa shape index (κ1) is 21.2. The molecular formula is C23H18N4O4. The van der Waals surface area contributed by atoms with Gasteiger partial charge in [-0.3, -0.25) is 14.9 Å². The quantitative estimate of drug-likeness (QED) is 0.264. The summed E-state index contributed by atoms with van der Waals surface area (Å²) >= 11 is 0. The van der Waals surface area contributed by atoms with Crippen molar-refractivity contribution < 1.29 is 14.2 Å². The molecule has 154 valence electrons. The van der Waals surface area contributed by atoms with Gasteiger partial charge in [0.1, 0.15) is 23.0 Å². The summed E-state index contributed by atoms with van der Waals surface area (Å²) in [6.07, 6.45) is 4.65. The van der Waals surface area contributed by atoms with Crippen LogP contribution in [0.4, 0.5) is 11.4 Å². The smallest absolute Gasteiger partial charge is 0.276 e. The van der Waals surface area contributed by atoms with Gasteiger partial charge < -0.3 is 9.84 Å². The lowest BCUT2D eigenvalue weighted by Crippen LogP contribution is -2.14. The number of para-hydroxylation sites is 1. The number of amides is 1. The number of nitrogens with one attached hydrogen (secondary N) is 1. The number of benzene rings is 2. The highest BCUT2D eigenvalue weighted by Gasteiger charge is 2.18. The van der Waals surface area contributed by atoms with Crippen molar-refractivity contribution >= 4 is 35.5 Å². The minimum Gasteiger partial charge on any atom is -0.354 e. The van der Waals surface area contributed by atoms with E-state index in [2.05, 4.69) is 10.5 Å². The Morgan fingerprint density at radius 2 is 1.87 bits per heavy atom. The van der Waals surface area contributed by atoms with Gasteiger partial charge in [0.25, 0.3) is 11.6 Å². The van der Waals surface area contributed by atoms with Gasteiger partial charge >= 0.3 is 0 Å². The maximum Gasteiger partial charge on any atom is 0.276 e. The van der Waals surface area contributed by atoms with Gasteiger partial charge in [0, 0.05) is 6.07 Å². The Bertz CT molecular complexity index is 1230. The molecule has 0 fully saturated rings. The highest BCUT2D eigenvalue weighted by atomic mass is 16.6. The molecule has 0 atom stereocenters. The lowest BCUT2D eigenvalue weighted by Gasteiger charge is -2.04. The van der Waals surface area contributed by atoms with Crippen LogP contribution in [0.25, 0.3) is 18.2 Å². The van der Waals surface area contributed by atoms with Gasteiger partial charge in [-0.15, -0.1) is 0 Å². The molecule has 0 bridgehead atoms. The zero-order chi connectivity index (χ0) is 22.4. The molecule has 8 nitrogen and oxygen atoms in total. The fraction of sp³-hybridized carbons (Fsp3) is 0.0870. The van der Waals surface area contributed by atoms with E-state index >= 15 is 0 Å². The van der Waals surface area contributed by atoms with Crippen molar-refractivity contribution in [1.29, 1.82) is 5.26 Å². The van der Waals surface area contributed by atoms with Gasteiger partial charge in [-0.05, 0) is 37.6 Å². The number of nitro benzene ring substituents is 1. The van der Waals surface area contributed by atoms with Crippen molar-refractivity contribution in [3.05, 3.63) is 92.4 Å². The number of hydrogen-bond acceptors (Lipinski definition) is 6. The number of aryl methyl sites for hydroxylation is 2. The molecule has 0 radical (unpaired) electrons. The lowest BCUT2D eigenvalue weighted by molar-refractivity contribution is -0.385. The summed E-state index contributed by atoms with van der Waals surface area (Å²) in [5.74, 6) is -0.411. The number of hydrogen-bond donors (Lipinski definition) is 1. The van der Waals surface area contributed by atoms with Gasteiger partial charge in [0.2, 0.25) is 0 Å². The van der Waals surface area contributed by atoms with Crippen LogP contribution in [0.1, 0.15) is 28.1 Å². The number of nitrogens with zero attached hydrogens (tertiary/aromatic N) is 3. The molecule has 2 aromatic carbocycles. The molecule has 0 aliphatic heterocycles. The molecule has 1 amide bonds. The molecular weight excluding hydrogens is 396 g/mol. The van der Waals surface area contributed by atoms with Crippen LogP contribution in [-0.4, -0.2) is 16.0 Å². The van der Waals surface area contributed by atoms with E-state index in [4.69, 9.17) is 4.52 Å². The zero-order valence-electron chi connectivity index (χ0n) is 16.8. The van der Waals surface area contributed by atoms with Crippen LogP contribution in [0.2, 0.25) is 0 Å². The Morgan fingerprint density at radius 1 is 1.16 bits per heavy atom. The van der Waals surface area contributed by atoms with Crippen molar-refractivity contribution in [2.75, 3.05) is 5.32 Å². The zero-order valence-corrected chi connectivity index (χ0v) is 16.8. The van der Waals surface area contributed by atoms with Crippen molar-refractivity contribution in [3.63, 3.8) is 0 Å². The summed E-state index contributed by atoms with van der Waals surface area (Å²) in [5, 5.41) is 27.1. The second-order valence-electron chi connectivity index (χ2n) is 6.69. The van der Waals surface area contributed by atoms with E-state index in [-0.39, 0.29) is 16.8 Å². The molecule has 3 rings (SSSR count). The first-order valence-corrected chi connectivity index (χ1v) is 9.26. The molecule has 0 saturated carbocycles. The Hall–Kier alpha value is -4.51. The fourth-order valence-corrected chi connectivity index (χ4v) is 2.76. The maximum atomic E-state index is 12.7. The van der Waals surface area contributed by atoms with E-state index in [1.807, 2.05) is 37.3 Å². The third kappa shape index (κ3) is 5.10. The topological polar surface area (TPSA) is 122 Å². The molecule has 1 aromatic heterocycles. The molecule has 8 heteroatoms. The Labute approximate surface area is 178 Å². The number of nitro groups is 1. The molecule has 0 spiro atoms. The van der Waals surface area contributed by atoms with Crippen LogP contribution in [0.15, 0.2) is 58.6 Å². The van der Waals surface area contributed by atoms with Crippen LogP contribution < -0.4 is 5.32 Å². The molecule has 0 unspecified atom stereocenters. The maximum absolute atomic E-state index is 12.7. The second kappa shape index (κ2) is 9.33.